The monoisotopic (exact) mass is 565 g/mol. The molecule has 4 atom stereocenters. The molecule has 0 heterocycles. The zero-order valence-corrected chi connectivity index (χ0v) is 22.5. The van der Waals surface area contributed by atoms with E-state index in [1.165, 1.54) is 12.1 Å². The quantitative estimate of drug-likeness (QED) is 0.0587. The van der Waals surface area contributed by atoms with E-state index in [2.05, 4.69) is 20.9 Å². The fourth-order valence-corrected chi connectivity index (χ4v) is 3.65. The number of aromatic hydroxyl groups is 1. The van der Waals surface area contributed by atoms with Crippen molar-refractivity contribution in [2.45, 2.75) is 70.1 Å². The van der Waals surface area contributed by atoms with Crippen molar-refractivity contribution in [3.05, 3.63) is 29.8 Å². The summed E-state index contributed by atoms with van der Waals surface area (Å²) in [5, 5.41) is 35.3. The van der Waals surface area contributed by atoms with E-state index in [0.29, 0.717) is 5.56 Å². The van der Waals surface area contributed by atoms with Crippen LogP contribution in [0.15, 0.2) is 29.3 Å². The lowest BCUT2D eigenvalue weighted by Crippen LogP contribution is -2.57. The molecule has 4 unspecified atom stereocenters. The van der Waals surface area contributed by atoms with E-state index in [1.807, 2.05) is 0 Å². The summed E-state index contributed by atoms with van der Waals surface area (Å²) < 4.78 is 0. The zero-order chi connectivity index (χ0) is 30.4. The van der Waals surface area contributed by atoms with Gasteiger partial charge in [-0.15, -0.1) is 0 Å². The van der Waals surface area contributed by atoms with Crippen LogP contribution in [0, 0.1) is 5.92 Å². The van der Waals surface area contributed by atoms with Crippen LogP contribution in [0.2, 0.25) is 0 Å². The molecular formula is C25H39N7O8. The summed E-state index contributed by atoms with van der Waals surface area (Å²) >= 11 is 0. The number of nitrogens with zero attached hydrogens (tertiary/aromatic N) is 1. The fraction of sp³-hybridized carbons (Fsp3) is 0.520. The van der Waals surface area contributed by atoms with Crippen molar-refractivity contribution in [2.75, 3.05) is 6.54 Å². The lowest BCUT2D eigenvalue weighted by molar-refractivity contribution is -0.143. The summed E-state index contributed by atoms with van der Waals surface area (Å²) in [6, 6.07) is 0.684. The zero-order valence-electron chi connectivity index (χ0n) is 22.5. The second-order valence-corrected chi connectivity index (χ2v) is 9.68. The lowest BCUT2D eigenvalue weighted by Gasteiger charge is -2.25. The van der Waals surface area contributed by atoms with E-state index in [1.54, 1.807) is 26.0 Å². The van der Waals surface area contributed by atoms with Gasteiger partial charge in [-0.2, -0.15) is 0 Å². The number of phenols is 1. The van der Waals surface area contributed by atoms with Crippen molar-refractivity contribution < 1.29 is 39.3 Å². The Balaban J connectivity index is 3.04. The molecule has 0 aromatic heterocycles. The molecule has 1 rings (SSSR count). The molecule has 0 aliphatic rings. The number of phenolic OH excluding ortho intramolecular Hbond substituents is 1. The van der Waals surface area contributed by atoms with Crippen molar-refractivity contribution >= 4 is 35.6 Å². The molecule has 12 N–H and O–H groups in total. The van der Waals surface area contributed by atoms with Crippen LogP contribution in [0.1, 0.15) is 45.1 Å². The Kier molecular flexibility index (Phi) is 13.9. The predicted octanol–water partition coefficient (Wildman–Crippen LogP) is -1.62. The first-order valence-electron chi connectivity index (χ1n) is 12.6. The van der Waals surface area contributed by atoms with Crippen LogP contribution in [0.25, 0.3) is 0 Å². The van der Waals surface area contributed by atoms with Gasteiger partial charge in [0.2, 0.25) is 17.7 Å². The molecule has 0 aliphatic carbocycles. The summed E-state index contributed by atoms with van der Waals surface area (Å²) in [5.41, 5.74) is 17.2. The molecule has 0 spiro atoms. The molecule has 15 nitrogen and oxygen atoms in total. The van der Waals surface area contributed by atoms with Crippen molar-refractivity contribution in [2.24, 2.45) is 28.1 Å². The average molecular weight is 566 g/mol. The van der Waals surface area contributed by atoms with Crippen LogP contribution in [0.4, 0.5) is 0 Å². The Labute approximate surface area is 231 Å². The van der Waals surface area contributed by atoms with E-state index in [4.69, 9.17) is 17.2 Å². The van der Waals surface area contributed by atoms with Crippen LogP contribution in [-0.2, 0) is 30.4 Å². The first-order valence-corrected chi connectivity index (χ1v) is 12.6. The van der Waals surface area contributed by atoms with Crippen LogP contribution in [0.3, 0.4) is 0 Å². The van der Waals surface area contributed by atoms with Gasteiger partial charge in [0.15, 0.2) is 5.96 Å². The number of benzene rings is 1. The van der Waals surface area contributed by atoms with Gasteiger partial charge in [0, 0.05) is 6.54 Å². The molecule has 15 heteroatoms. The van der Waals surface area contributed by atoms with Gasteiger partial charge in [-0.3, -0.25) is 24.2 Å². The Morgan fingerprint density at radius 1 is 0.875 bits per heavy atom. The van der Waals surface area contributed by atoms with E-state index >= 15 is 0 Å². The number of hydrogen-bond donors (Lipinski definition) is 9. The highest BCUT2D eigenvalue weighted by Gasteiger charge is 2.31. The van der Waals surface area contributed by atoms with E-state index in [9.17, 15) is 39.3 Å². The van der Waals surface area contributed by atoms with Gasteiger partial charge in [-0.1, -0.05) is 26.0 Å². The predicted molar refractivity (Wildman–Crippen MR) is 145 cm³/mol. The molecule has 0 radical (unpaired) electrons. The lowest BCUT2D eigenvalue weighted by atomic mass is 10.0. The normalized spacial score (nSPS) is 13.8. The molecule has 0 bridgehead atoms. The smallest absolute Gasteiger partial charge is 0.326 e. The number of carbonyl (C=O) groups is 5. The molecule has 0 fully saturated rings. The standard InChI is InChI=1S/C25H39N7O8/c1-13(2)10-19(24(39)40)32-22(37)17(4-3-9-29-25(27)28)30-23(38)18(12-20(34)35)31-21(36)16(26)11-14-5-7-15(33)8-6-14/h5-8,13,16-19,33H,3-4,9-12,26H2,1-2H3,(H,30,38)(H,31,36)(H,32,37)(H,34,35)(H,39,40)(H4,27,28,29). The van der Waals surface area contributed by atoms with Crippen molar-refractivity contribution in [1.29, 1.82) is 0 Å². The molecule has 222 valence electrons. The second-order valence-electron chi connectivity index (χ2n) is 9.68. The number of nitrogens with one attached hydrogen (secondary N) is 3. The maximum absolute atomic E-state index is 13.1. The second kappa shape index (κ2) is 16.5. The highest BCUT2D eigenvalue weighted by atomic mass is 16.4. The highest BCUT2D eigenvalue weighted by Crippen LogP contribution is 2.11. The Hall–Kier alpha value is -4.40. The SMILES string of the molecule is CC(C)CC(NC(=O)C(CCCN=C(N)N)NC(=O)C(CC(=O)O)NC(=O)C(N)Cc1ccc(O)cc1)C(=O)O. The summed E-state index contributed by atoms with van der Waals surface area (Å²) in [5.74, 6) is -5.48. The number of carboxylic acid groups (broad SMARTS) is 2. The molecule has 0 saturated heterocycles. The van der Waals surface area contributed by atoms with E-state index in [-0.39, 0.29) is 49.9 Å². The van der Waals surface area contributed by atoms with Gasteiger partial charge in [-0.25, -0.2) is 4.79 Å². The molecular weight excluding hydrogens is 526 g/mol. The first-order chi connectivity index (χ1) is 18.7. The minimum atomic E-state index is -1.59. The van der Waals surface area contributed by atoms with Gasteiger partial charge >= 0.3 is 11.9 Å². The third-order valence-electron chi connectivity index (χ3n) is 5.64. The molecule has 1 aromatic carbocycles. The molecule has 1 aromatic rings. The Morgan fingerprint density at radius 2 is 1.43 bits per heavy atom. The third-order valence-corrected chi connectivity index (χ3v) is 5.64. The van der Waals surface area contributed by atoms with Crippen molar-refractivity contribution in [1.82, 2.24) is 16.0 Å². The number of carboxylic acids is 2. The highest BCUT2D eigenvalue weighted by molar-refractivity contribution is 5.95. The van der Waals surface area contributed by atoms with Crippen LogP contribution >= 0.6 is 0 Å². The summed E-state index contributed by atoms with van der Waals surface area (Å²) in [7, 11) is 0. The number of guanidine groups is 1. The molecule has 0 aliphatic heterocycles. The van der Waals surface area contributed by atoms with Crippen molar-refractivity contribution in [3.8, 4) is 5.75 Å². The minimum Gasteiger partial charge on any atom is -0.508 e. The van der Waals surface area contributed by atoms with E-state index < -0.39 is 60.2 Å². The van der Waals surface area contributed by atoms with Gasteiger partial charge in [0.25, 0.3) is 0 Å². The minimum absolute atomic E-state index is 0.0174. The molecule has 3 amide bonds. The van der Waals surface area contributed by atoms with Crippen LogP contribution in [-0.4, -0.2) is 81.7 Å². The third kappa shape index (κ3) is 12.9. The Bertz CT molecular complexity index is 1060. The number of carbonyl (C=O) groups excluding carboxylic acids is 3. The maximum atomic E-state index is 13.1. The van der Waals surface area contributed by atoms with Gasteiger partial charge < -0.3 is 48.5 Å². The molecule has 40 heavy (non-hydrogen) atoms. The molecule has 0 saturated carbocycles. The first kappa shape index (κ1) is 33.6. The number of aliphatic imine (C=N–C) groups is 1. The summed E-state index contributed by atoms with van der Waals surface area (Å²) in [6.07, 6.45) is -0.443. The summed E-state index contributed by atoms with van der Waals surface area (Å²) in [4.78, 5) is 65.6. The number of aliphatic carboxylic acids is 2. The largest absolute Gasteiger partial charge is 0.508 e. The van der Waals surface area contributed by atoms with Gasteiger partial charge in [-0.05, 0) is 49.3 Å². The van der Waals surface area contributed by atoms with Gasteiger partial charge in [0.05, 0.1) is 12.5 Å². The number of amides is 3. The van der Waals surface area contributed by atoms with Crippen LogP contribution < -0.4 is 33.2 Å². The van der Waals surface area contributed by atoms with Crippen LogP contribution in [0.5, 0.6) is 5.75 Å². The van der Waals surface area contributed by atoms with Crippen molar-refractivity contribution in [3.63, 3.8) is 0 Å². The summed E-state index contributed by atoms with van der Waals surface area (Å²) in [6.45, 7) is 3.67. The fourth-order valence-electron chi connectivity index (χ4n) is 3.65. The average Bonchev–Trinajstić information content (AvgIpc) is 2.85. The number of rotatable bonds is 17. The topological polar surface area (TPSA) is 273 Å². The number of nitrogens with two attached hydrogens (primary N) is 3. The van der Waals surface area contributed by atoms with E-state index in [0.717, 1.165) is 0 Å². The number of hydrogen-bond acceptors (Lipinski definition) is 8. The maximum Gasteiger partial charge on any atom is 0.326 e. The van der Waals surface area contributed by atoms with Gasteiger partial charge in [0.1, 0.15) is 23.9 Å². The Morgan fingerprint density at radius 3 is 1.95 bits per heavy atom.